The Balaban J connectivity index is 0.000000298. The number of likely N-dealkylation sites (tertiary alicyclic amines) is 2. The Morgan fingerprint density at radius 1 is 1.28 bits per heavy atom. The Bertz CT molecular complexity index is 854. The van der Waals surface area contributed by atoms with E-state index in [1.165, 1.54) is 5.56 Å². The van der Waals surface area contributed by atoms with Gasteiger partial charge in [-0.3, -0.25) is 9.69 Å². The fourth-order valence-corrected chi connectivity index (χ4v) is 4.89. The van der Waals surface area contributed by atoms with E-state index in [4.69, 9.17) is 9.90 Å². The largest absolute Gasteiger partial charge is 0.490 e. The molecule has 11 heteroatoms. The number of nitrogens with zero attached hydrogens (tertiary/aromatic N) is 3. The van der Waals surface area contributed by atoms with Gasteiger partial charge in [0.15, 0.2) is 0 Å². The van der Waals surface area contributed by atoms with Crippen molar-refractivity contribution in [1.29, 1.82) is 0 Å². The van der Waals surface area contributed by atoms with E-state index in [-0.39, 0.29) is 5.92 Å². The fraction of sp³-hybridized carbons (Fsp3) is 0.500. The monoisotopic (exact) mass is 447 g/mol. The number of thiazole rings is 1. The summed E-state index contributed by atoms with van der Waals surface area (Å²) in [5, 5.41) is 14.6. The first-order chi connectivity index (χ1) is 13.6. The molecule has 0 aliphatic carbocycles. The SMILES string of the molecule is Cc1nc(CN2C[C@@H]3CN(Cc4ccsc4)C[C@@H]3C2=O)cs1.O=C(O)C(F)(F)F. The van der Waals surface area contributed by atoms with Crippen LogP contribution in [0.1, 0.15) is 16.3 Å². The number of rotatable bonds is 4. The van der Waals surface area contributed by atoms with Gasteiger partial charge in [-0.2, -0.15) is 24.5 Å². The van der Waals surface area contributed by atoms with Gasteiger partial charge in [-0.15, -0.1) is 11.3 Å². The van der Waals surface area contributed by atoms with Gasteiger partial charge < -0.3 is 10.0 Å². The number of carbonyl (C=O) groups excluding carboxylic acids is 1. The molecule has 6 nitrogen and oxygen atoms in total. The molecule has 4 rings (SSSR count). The summed E-state index contributed by atoms with van der Waals surface area (Å²) < 4.78 is 31.7. The van der Waals surface area contributed by atoms with Crippen LogP contribution in [0.2, 0.25) is 0 Å². The molecule has 0 unspecified atom stereocenters. The minimum atomic E-state index is -5.08. The molecule has 0 radical (unpaired) electrons. The second-order valence-corrected chi connectivity index (χ2v) is 8.91. The molecule has 29 heavy (non-hydrogen) atoms. The van der Waals surface area contributed by atoms with Crippen LogP contribution < -0.4 is 0 Å². The van der Waals surface area contributed by atoms with Gasteiger partial charge in [-0.1, -0.05) is 0 Å². The molecule has 2 aliphatic rings. The minimum absolute atomic E-state index is 0.193. The number of alkyl halides is 3. The van der Waals surface area contributed by atoms with Crippen molar-refractivity contribution >= 4 is 34.6 Å². The molecule has 2 fully saturated rings. The number of aromatic nitrogens is 1. The van der Waals surface area contributed by atoms with Crippen molar-refractivity contribution in [2.45, 2.75) is 26.2 Å². The highest BCUT2D eigenvalue weighted by atomic mass is 32.1. The molecule has 0 spiro atoms. The number of hydrogen-bond donors (Lipinski definition) is 1. The second kappa shape index (κ2) is 8.80. The van der Waals surface area contributed by atoms with Crippen LogP contribution in [0, 0.1) is 18.8 Å². The molecule has 1 N–H and O–H groups in total. The molecule has 2 aromatic rings. The first kappa shape index (κ1) is 21.7. The first-order valence-electron chi connectivity index (χ1n) is 8.87. The highest BCUT2D eigenvalue weighted by molar-refractivity contribution is 7.09. The summed E-state index contributed by atoms with van der Waals surface area (Å²) in [4.78, 5) is 30.4. The molecular formula is C18H20F3N3O3S2. The molecular weight excluding hydrogens is 427 g/mol. The number of aliphatic carboxylic acids is 1. The molecule has 0 aromatic carbocycles. The zero-order valence-electron chi connectivity index (χ0n) is 15.6. The highest BCUT2D eigenvalue weighted by Crippen LogP contribution is 2.34. The highest BCUT2D eigenvalue weighted by Gasteiger charge is 2.46. The smallest absolute Gasteiger partial charge is 0.475 e. The number of fused-ring (bicyclic) bond motifs is 1. The maximum Gasteiger partial charge on any atom is 0.490 e. The third-order valence-corrected chi connectivity index (χ3v) is 6.40. The average Bonchev–Trinajstić information content (AvgIpc) is 3.39. The zero-order chi connectivity index (χ0) is 21.2. The number of carboxylic acid groups (broad SMARTS) is 1. The Hall–Kier alpha value is -1.98. The van der Waals surface area contributed by atoms with Gasteiger partial charge in [-0.25, -0.2) is 9.78 Å². The molecule has 2 saturated heterocycles. The van der Waals surface area contributed by atoms with E-state index in [2.05, 4.69) is 32.1 Å². The summed E-state index contributed by atoms with van der Waals surface area (Å²) in [6.07, 6.45) is -5.08. The zero-order valence-corrected chi connectivity index (χ0v) is 17.2. The van der Waals surface area contributed by atoms with E-state index in [0.717, 1.165) is 36.9 Å². The van der Waals surface area contributed by atoms with E-state index in [1.54, 1.807) is 22.7 Å². The standard InChI is InChI=1S/C16H19N3OS2.C2HF3O2/c1-11-17-14(10-22-11)7-19-6-13-5-18(8-15(13)16(19)20)4-12-2-3-21-9-12;3-2(4,5)1(6)7/h2-3,9-10,13,15H,4-8H2,1H3;(H,6,7)/t13-,15-;/m0./s1. The quantitative estimate of drug-likeness (QED) is 0.779. The first-order valence-corrected chi connectivity index (χ1v) is 10.7. The fourth-order valence-electron chi connectivity index (χ4n) is 3.62. The number of amides is 1. The van der Waals surface area contributed by atoms with Crippen LogP contribution in [-0.4, -0.2) is 57.6 Å². The maximum atomic E-state index is 12.6. The van der Waals surface area contributed by atoms with E-state index < -0.39 is 12.1 Å². The van der Waals surface area contributed by atoms with Gasteiger partial charge >= 0.3 is 12.1 Å². The number of carbonyl (C=O) groups is 2. The predicted molar refractivity (Wildman–Crippen MR) is 103 cm³/mol. The molecule has 0 bridgehead atoms. The summed E-state index contributed by atoms with van der Waals surface area (Å²) >= 11 is 3.40. The molecule has 1 amide bonds. The normalized spacial score (nSPS) is 21.8. The van der Waals surface area contributed by atoms with Crippen molar-refractivity contribution < 1.29 is 27.9 Å². The van der Waals surface area contributed by atoms with Crippen molar-refractivity contribution in [3.63, 3.8) is 0 Å². The van der Waals surface area contributed by atoms with Gasteiger partial charge in [0, 0.05) is 37.5 Å². The van der Waals surface area contributed by atoms with E-state index >= 15 is 0 Å². The lowest BCUT2D eigenvalue weighted by molar-refractivity contribution is -0.192. The van der Waals surface area contributed by atoms with Gasteiger partial charge in [0.25, 0.3) is 0 Å². The van der Waals surface area contributed by atoms with E-state index in [9.17, 15) is 18.0 Å². The van der Waals surface area contributed by atoms with Crippen molar-refractivity contribution in [2.24, 2.45) is 11.8 Å². The molecule has 2 aromatic heterocycles. The summed E-state index contributed by atoms with van der Waals surface area (Å²) in [6.45, 7) is 6.51. The summed E-state index contributed by atoms with van der Waals surface area (Å²) in [6, 6.07) is 2.18. The maximum absolute atomic E-state index is 12.6. The van der Waals surface area contributed by atoms with Crippen LogP contribution in [0.15, 0.2) is 22.2 Å². The van der Waals surface area contributed by atoms with Gasteiger partial charge in [-0.05, 0) is 29.3 Å². The van der Waals surface area contributed by atoms with Gasteiger partial charge in [0.2, 0.25) is 5.91 Å². The average molecular weight is 448 g/mol. The summed E-state index contributed by atoms with van der Waals surface area (Å²) in [7, 11) is 0. The topological polar surface area (TPSA) is 73.7 Å². The van der Waals surface area contributed by atoms with Crippen molar-refractivity contribution in [3.05, 3.63) is 38.5 Å². The van der Waals surface area contributed by atoms with Crippen molar-refractivity contribution in [1.82, 2.24) is 14.8 Å². The Kier molecular flexibility index (Phi) is 6.59. The van der Waals surface area contributed by atoms with Crippen LogP contribution in [-0.2, 0) is 22.7 Å². The Morgan fingerprint density at radius 2 is 2.00 bits per heavy atom. The Morgan fingerprint density at radius 3 is 2.52 bits per heavy atom. The van der Waals surface area contributed by atoms with Crippen LogP contribution in [0.25, 0.3) is 0 Å². The van der Waals surface area contributed by atoms with Gasteiger partial charge in [0.1, 0.15) is 0 Å². The number of aryl methyl sites for hydroxylation is 1. The molecule has 2 atom stereocenters. The molecule has 0 saturated carbocycles. The second-order valence-electron chi connectivity index (χ2n) is 7.07. The lowest BCUT2D eigenvalue weighted by atomic mass is 10.0. The lowest BCUT2D eigenvalue weighted by Crippen LogP contribution is -2.32. The van der Waals surface area contributed by atoms with E-state index in [1.807, 2.05) is 11.8 Å². The third kappa shape index (κ3) is 5.55. The van der Waals surface area contributed by atoms with Gasteiger partial charge in [0.05, 0.1) is 23.2 Å². The number of hydrogen-bond acceptors (Lipinski definition) is 6. The predicted octanol–water partition coefficient (Wildman–Crippen LogP) is 3.24. The Labute approximate surface area is 173 Å². The summed E-state index contributed by atoms with van der Waals surface area (Å²) in [5.41, 5.74) is 2.40. The van der Waals surface area contributed by atoms with Crippen LogP contribution in [0.5, 0.6) is 0 Å². The summed E-state index contributed by atoms with van der Waals surface area (Å²) in [5.74, 6) is -1.75. The van der Waals surface area contributed by atoms with Crippen molar-refractivity contribution in [2.75, 3.05) is 19.6 Å². The lowest BCUT2D eigenvalue weighted by Gasteiger charge is -2.20. The van der Waals surface area contributed by atoms with Crippen molar-refractivity contribution in [3.8, 4) is 0 Å². The molecule has 2 aliphatic heterocycles. The molecule has 158 valence electrons. The number of thiophene rings is 1. The van der Waals surface area contributed by atoms with E-state index in [0.29, 0.717) is 18.4 Å². The minimum Gasteiger partial charge on any atom is -0.475 e. The van der Waals surface area contributed by atoms with Crippen LogP contribution in [0.4, 0.5) is 13.2 Å². The number of carboxylic acids is 1. The molecule has 4 heterocycles. The van der Waals surface area contributed by atoms with Crippen LogP contribution in [0.3, 0.4) is 0 Å². The number of halogens is 3. The van der Waals surface area contributed by atoms with Crippen LogP contribution >= 0.6 is 22.7 Å². The third-order valence-electron chi connectivity index (χ3n) is 4.85.